The highest BCUT2D eigenvalue weighted by Crippen LogP contribution is 2.20. The van der Waals surface area contributed by atoms with Gasteiger partial charge in [0, 0.05) is 6.04 Å². The third-order valence-corrected chi connectivity index (χ3v) is 3.84. The molecule has 1 amide bonds. The summed E-state index contributed by atoms with van der Waals surface area (Å²) in [5.74, 6) is -0.485. The minimum atomic E-state index is -0.709. The van der Waals surface area contributed by atoms with Crippen molar-refractivity contribution in [3.8, 4) is 11.4 Å². The first-order valence-corrected chi connectivity index (χ1v) is 8.08. The number of nitrogens with one attached hydrogen (secondary N) is 1. The maximum absolute atomic E-state index is 12.2. The summed E-state index contributed by atoms with van der Waals surface area (Å²) in [5.41, 5.74) is 0.805. The first-order chi connectivity index (χ1) is 11.9. The van der Waals surface area contributed by atoms with E-state index in [1.54, 1.807) is 6.20 Å². The molecule has 134 valence electrons. The van der Waals surface area contributed by atoms with E-state index in [1.807, 2.05) is 51.1 Å². The smallest absolute Gasteiger partial charge is 0.363 e. The zero-order valence-corrected chi connectivity index (χ0v) is 14.9. The van der Waals surface area contributed by atoms with Crippen molar-refractivity contribution in [1.82, 2.24) is 15.1 Å². The topological polar surface area (TPSA) is 82.5 Å². The Morgan fingerprint density at radius 3 is 2.48 bits per heavy atom. The second-order valence-corrected chi connectivity index (χ2v) is 6.00. The van der Waals surface area contributed by atoms with Crippen LogP contribution in [0.5, 0.6) is 5.75 Å². The number of nitrogens with zero attached hydrogens (tertiary/aromatic N) is 2. The average molecular weight is 345 g/mol. The number of ether oxygens (including phenoxy) is 2. The van der Waals surface area contributed by atoms with E-state index in [0.29, 0.717) is 5.92 Å². The third kappa shape index (κ3) is 4.82. The number of carbonyl (C=O) groups excluding carboxylic acids is 2. The van der Waals surface area contributed by atoms with Gasteiger partial charge in [-0.15, -0.1) is 0 Å². The fourth-order valence-corrected chi connectivity index (χ4v) is 2.02. The van der Waals surface area contributed by atoms with Gasteiger partial charge in [-0.3, -0.25) is 4.79 Å². The molecule has 1 heterocycles. The Balaban J connectivity index is 2.04. The molecular formula is C18H23N3O4. The summed E-state index contributed by atoms with van der Waals surface area (Å²) >= 11 is 0. The standard InChI is InChI=1S/C18H23N3O4/c1-12(2)13(3)19-16(22)11-25-18(23)17-15(24-4)10-21(20-17)14-8-6-5-7-9-14/h5-10,12-13H,11H2,1-4H3,(H,19,22)/t13-/m1/s1. The second kappa shape index (κ2) is 8.32. The van der Waals surface area contributed by atoms with Gasteiger partial charge in [0.1, 0.15) is 0 Å². The number of methoxy groups -OCH3 is 1. The molecule has 1 N–H and O–H groups in total. The highest BCUT2D eigenvalue weighted by molar-refractivity contribution is 5.92. The van der Waals surface area contributed by atoms with Crippen molar-refractivity contribution in [3.63, 3.8) is 0 Å². The average Bonchev–Trinajstić information content (AvgIpc) is 3.04. The molecule has 0 unspecified atom stereocenters. The number of rotatable bonds is 7. The van der Waals surface area contributed by atoms with Crippen molar-refractivity contribution in [3.05, 3.63) is 42.2 Å². The van der Waals surface area contributed by atoms with E-state index in [2.05, 4.69) is 10.4 Å². The van der Waals surface area contributed by atoms with Crippen molar-refractivity contribution in [2.75, 3.05) is 13.7 Å². The Kier molecular flexibility index (Phi) is 6.16. The van der Waals surface area contributed by atoms with Crippen LogP contribution < -0.4 is 10.1 Å². The lowest BCUT2D eigenvalue weighted by Gasteiger charge is -2.17. The zero-order chi connectivity index (χ0) is 18.4. The third-order valence-electron chi connectivity index (χ3n) is 3.84. The highest BCUT2D eigenvalue weighted by atomic mass is 16.5. The number of para-hydroxylation sites is 1. The van der Waals surface area contributed by atoms with Crippen LogP contribution in [0.1, 0.15) is 31.3 Å². The lowest BCUT2D eigenvalue weighted by Crippen LogP contribution is -2.38. The van der Waals surface area contributed by atoms with Gasteiger partial charge < -0.3 is 14.8 Å². The van der Waals surface area contributed by atoms with Gasteiger partial charge in [-0.2, -0.15) is 5.10 Å². The number of aromatic nitrogens is 2. The molecule has 7 heteroatoms. The molecule has 0 saturated heterocycles. The normalized spacial score (nSPS) is 11.9. The van der Waals surface area contributed by atoms with Crippen LogP contribution in [0, 0.1) is 5.92 Å². The van der Waals surface area contributed by atoms with Crippen molar-refractivity contribution in [2.24, 2.45) is 5.92 Å². The molecule has 1 atom stereocenters. The number of hydrogen-bond acceptors (Lipinski definition) is 5. The molecule has 2 aromatic rings. The van der Waals surface area contributed by atoms with Gasteiger partial charge in [-0.05, 0) is 25.0 Å². The Hall–Kier alpha value is -2.83. The lowest BCUT2D eigenvalue weighted by molar-refractivity contribution is -0.125. The Morgan fingerprint density at radius 1 is 1.20 bits per heavy atom. The van der Waals surface area contributed by atoms with Crippen molar-refractivity contribution in [1.29, 1.82) is 0 Å². The van der Waals surface area contributed by atoms with E-state index < -0.39 is 5.97 Å². The Morgan fingerprint density at radius 2 is 1.88 bits per heavy atom. The van der Waals surface area contributed by atoms with Gasteiger partial charge in [0.25, 0.3) is 5.91 Å². The predicted octanol–water partition coefficient (Wildman–Crippen LogP) is 2.20. The largest absolute Gasteiger partial charge is 0.493 e. The van der Waals surface area contributed by atoms with E-state index in [0.717, 1.165) is 5.69 Å². The van der Waals surface area contributed by atoms with E-state index in [4.69, 9.17) is 9.47 Å². The van der Waals surface area contributed by atoms with Crippen LogP contribution in [0.2, 0.25) is 0 Å². The molecule has 0 aliphatic rings. The van der Waals surface area contributed by atoms with E-state index >= 15 is 0 Å². The number of amides is 1. The first-order valence-electron chi connectivity index (χ1n) is 8.08. The molecule has 1 aromatic heterocycles. The fraction of sp³-hybridized carbons (Fsp3) is 0.389. The Bertz CT molecular complexity index is 725. The molecule has 0 radical (unpaired) electrons. The molecule has 0 fully saturated rings. The summed E-state index contributed by atoms with van der Waals surface area (Å²) in [7, 11) is 1.44. The molecule has 0 aliphatic carbocycles. The van der Waals surface area contributed by atoms with E-state index in [9.17, 15) is 9.59 Å². The maximum Gasteiger partial charge on any atom is 0.363 e. The molecular weight excluding hydrogens is 322 g/mol. The van der Waals surface area contributed by atoms with Crippen LogP contribution in [0.15, 0.2) is 36.5 Å². The van der Waals surface area contributed by atoms with Crippen LogP contribution in [-0.4, -0.2) is 41.4 Å². The number of benzene rings is 1. The number of carbonyl (C=O) groups is 2. The fourth-order valence-electron chi connectivity index (χ4n) is 2.02. The Labute approximate surface area is 146 Å². The van der Waals surface area contributed by atoms with Gasteiger partial charge in [0.05, 0.1) is 19.0 Å². The molecule has 25 heavy (non-hydrogen) atoms. The quantitative estimate of drug-likeness (QED) is 0.778. The van der Waals surface area contributed by atoms with Crippen LogP contribution >= 0.6 is 0 Å². The lowest BCUT2D eigenvalue weighted by atomic mass is 10.1. The molecule has 7 nitrogen and oxygen atoms in total. The summed E-state index contributed by atoms with van der Waals surface area (Å²) in [6.45, 7) is 5.53. The zero-order valence-electron chi connectivity index (χ0n) is 14.9. The van der Waals surface area contributed by atoms with Crippen LogP contribution in [0.25, 0.3) is 5.69 Å². The van der Waals surface area contributed by atoms with Gasteiger partial charge in [0.15, 0.2) is 12.4 Å². The van der Waals surface area contributed by atoms with Crippen molar-refractivity contribution < 1.29 is 19.1 Å². The first kappa shape index (κ1) is 18.5. The maximum atomic E-state index is 12.2. The van der Waals surface area contributed by atoms with Crippen LogP contribution in [0.4, 0.5) is 0 Å². The molecule has 0 saturated carbocycles. The molecule has 0 spiro atoms. The van der Waals surface area contributed by atoms with Crippen LogP contribution in [-0.2, 0) is 9.53 Å². The summed E-state index contributed by atoms with van der Waals surface area (Å²) in [6, 6.07) is 9.31. The summed E-state index contributed by atoms with van der Waals surface area (Å²) in [6.07, 6.45) is 1.59. The van der Waals surface area contributed by atoms with Gasteiger partial charge in [0.2, 0.25) is 5.69 Å². The van der Waals surface area contributed by atoms with E-state index in [-0.39, 0.29) is 30.0 Å². The minimum absolute atomic E-state index is 0.00183. The second-order valence-electron chi connectivity index (χ2n) is 6.00. The molecule has 0 aliphatic heterocycles. The minimum Gasteiger partial charge on any atom is -0.493 e. The van der Waals surface area contributed by atoms with Crippen molar-refractivity contribution >= 4 is 11.9 Å². The summed E-state index contributed by atoms with van der Waals surface area (Å²) in [5, 5.41) is 6.98. The van der Waals surface area contributed by atoms with Crippen molar-refractivity contribution in [2.45, 2.75) is 26.8 Å². The van der Waals surface area contributed by atoms with Crippen LogP contribution in [0.3, 0.4) is 0 Å². The van der Waals surface area contributed by atoms with Gasteiger partial charge in [-0.1, -0.05) is 32.0 Å². The number of esters is 1. The summed E-state index contributed by atoms with van der Waals surface area (Å²) in [4.78, 5) is 24.1. The SMILES string of the molecule is COc1cn(-c2ccccc2)nc1C(=O)OCC(=O)N[C@H](C)C(C)C. The summed E-state index contributed by atoms with van der Waals surface area (Å²) < 4.78 is 11.8. The molecule has 0 bridgehead atoms. The molecule has 2 rings (SSSR count). The van der Waals surface area contributed by atoms with Gasteiger partial charge in [-0.25, -0.2) is 9.48 Å². The number of hydrogen-bond donors (Lipinski definition) is 1. The molecule has 1 aromatic carbocycles. The highest BCUT2D eigenvalue weighted by Gasteiger charge is 2.21. The van der Waals surface area contributed by atoms with E-state index in [1.165, 1.54) is 11.8 Å². The van der Waals surface area contributed by atoms with Gasteiger partial charge >= 0.3 is 5.97 Å². The monoisotopic (exact) mass is 345 g/mol. The predicted molar refractivity (Wildman–Crippen MR) is 92.8 cm³/mol.